The minimum Gasteiger partial charge on any atom is -0.0631 e. The molecule has 2 radical (unpaired) electrons. The van der Waals surface area contributed by atoms with Gasteiger partial charge in [0.1, 0.15) is 9.52 Å². The molecular weight excluding hydrogens is 581 g/mol. The first kappa shape index (κ1) is 27.5. The zero-order valence-corrected chi connectivity index (χ0v) is 26.8. The number of benzene rings is 9. The molecule has 47 heavy (non-hydrogen) atoms. The molecule has 0 aliphatic rings. The van der Waals surface area contributed by atoms with Gasteiger partial charge < -0.3 is 0 Å². The van der Waals surface area contributed by atoms with Gasteiger partial charge >= 0.3 is 0 Å². The second-order valence-corrected chi connectivity index (χ2v) is 13.6. The molecule has 0 fully saturated rings. The van der Waals surface area contributed by atoms with Gasteiger partial charge in [-0.25, -0.2) is 0 Å². The Morgan fingerprint density at radius 2 is 0.787 bits per heavy atom. The summed E-state index contributed by atoms with van der Waals surface area (Å²) in [6.07, 6.45) is 0. The first-order chi connectivity index (χ1) is 23.3. The third-order valence-corrected chi connectivity index (χ3v) is 10.6. The van der Waals surface area contributed by atoms with Crippen molar-refractivity contribution >= 4 is 63.0 Å². The van der Waals surface area contributed by atoms with Crippen LogP contribution in [0.3, 0.4) is 0 Å². The summed E-state index contributed by atoms with van der Waals surface area (Å²) in [5.41, 5.74) is 7.61. The summed E-state index contributed by atoms with van der Waals surface area (Å²) >= 11 is 0. The number of fused-ring (bicyclic) bond motifs is 4. The molecule has 0 heterocycles. The zero-order valence-electron chi connectivity index (χ0n) is 25.8. The van der Waals surface area contributed by atoms with Crippen LogP contribution in [-0.4, -0.2) is 9.52 Å². The highest BCUT2D eigenvalue weighted by Gasteiger charge is 2.19. The molecule has 0 aromatic heterocycles. The Hall–Kier alpha value is -5.76. The van der Waals surface area contributed by atoms with E-state index in [9.17, 15) is 0 Å². The number of hydrogen-bond donors (Lipinski definition) is 0. The third-order valence-electron chi connectivity index (χ3n) is 9.42. The largest absolute Gasteiger partial charge is 0.121 e. The summed E-state index contributed by atoms with van der Waals surface area (Å²) in [6, 6.07) is 66.9. The summed E-state index contributed by atoms with van der Waals surface area (Å²) in [6.45, 7) is 0. The molecule has 0 bridgehead atoms. The van der Waals surface area contributed by atoms with Crippen LogP contribution in [0.15, 0.2) is 182 Å². The van der Waals surface area contributed by atoms with Crippen LogP contribution in [0.5, 0.6) is 0 Å². The fourth-order valence-electron chi connectivity index (χ4n) is 7.28. The lowest BCUT2D eigenvalue weighted by Gasteiger charge is -2.20. The van der Waals surface area contributed by atoms with Crippen LogP contribution >= 0.6 is 0 Å². The second-order valence-electron chi connectivity index (χ2n) is 12.2. The second kappa shape index (κ2) is 11.5. The maximum absolute atomic E-state index is 2.46. The Balaban J connectivity index is 1.30. The molecule has 9 rings (SSSR count). The highest BCUT2D eigenvalue weighted by atomic mass is 28.2. The van der Waals surface area contributed by atoms with E-state index < -0.39 is 0 Å². The zero-order chi connectivity index (χ0) is 31.2. The molecule has 0 saturated carbocycles. The number of rotatable bonds is 5. The minimum absolute atomic E-state index is 0.589. The summed E-state index contributed by atoms with van der Waals surface area (Å²) in [7, 11) is 0.589. The lowest BCUT2D eigenvalue weighted by molar-refractivity contribution is 1.63. The van der Waals surface area contributed by atoms with Crippen LogP contribution in [0, 0.1) is 0 Å². The summed E-state index contributed by atoms with van der Waals surface area (Å²) in [5, 5.41) is 12.9. The van der Waals surface area contributed by atoms with Gasteiger partial charge in [-0.1, -0.05) is 192 Å². The molecule has 9 aromatic rings. The van der Waals surface area contributed by atoms with Gasteiger partial charge in [0.15, 0.2) is 0 Å². The molecule has 218 valence electrons. The molecule has 0 amide bonds. The Kier molecular flexibility index (Phi) is 6.77. The predicted octanol–water partition coefficient (Wildman–Crippen LogP) is 11.0. The first-order valence-corrected chi connectivity index (χ1v) is 17.2. The summed E-state index contributed by atoms with van der Waals surface area (Å²) in [5.74, 6) is 0. The summed E-state index contributed by atoms with van der Waals surface area (Å²) < 4.78 is 0. The molecule has 0 atom stereocenters. The van der Waals surface area contributed by atoms with Crippen molar-refractivity contribution in [2.24, 2.45) is 0 Å². The van der Waals surface area contributed by atoms with Gasteiger partial charge in [-0.3, -0.25) is 0 Å². The van der Waals surface area contributed by atoms with Crippen molar-refractivity contribution in [1.82, 2.24) is 0 Å². The fourth-order valence-corrected chi connectivity index (χ4v) is 8.36. The third kappa shape index (κ3) is 4.84. The van der Waals surface area contributed by atoms with E-state index in [0.717, 1.165) is 0 Å². The average Bonchev–Trinajstić information content (AvgIpc) is 3.14. The van der Waals surface area contributed by atoms with Crippen molar-refractivity contribution in [3.63, 3.8) is 0 Å². The van der Waals surface area contributed by atoms with E-state index >= 15 is 0 Å². The topological polar surface area (TPSA) is 0 Å². The van der Waals surface area contributed by atoms with E-state index in [-0.39, 0.29) is 0 Å². The van der Waals surface area contributed by atoms with E-state index in [0.29, 0.717) is 9.52 Å². The SMILES string of the molecule is c1ccc([Si]c2ccc3c(-c4ccc(-c5cccc6ccccc56)cc4)c4ccccc4c(-c4cccc5ccccc45)c3c2)cc1. The Labute approximate surface area is 277 Å². The quantitative estimate of drug-likeness (QED) is 0.134. The summed E-state index contributed by atoms with van der Waals surface area (Å²) in [4.78, 5) is 0. The van der Waals surface area contributed by atoms with Crippen LogP contribution < -0.4 is 10.4 Å². The van der Waals surface area contributed by atoms with Gasteiger partial charge in [0.05, 0.1) is 0 Å². The lowest BCUT2D eigenvalue weighted by Crippen LogP contribution is -2.26. The van der Waals surface area contributed by atoms with Gasteiger partial charge in [-0.15, -0.1) is 0 Å². The lowest BCUT2D eigenvalue weighted by atomic mass is 9.84. The van der Waals surface area contributed by atoms with Crippen LogP contribution in [0.1, 0.15) is 0 Å². The Morgan fingerprint density at radius 1 is 0.277 bits per heavy atom. The van der Waals surface area contributed by atoms with Crippen molar-refractivity contribution in [1.29, 1.82) is 0 Å². The normalized spacial score (nSPS) is 11.5. The molecule has 0 unspecified atom stereocenters. The standard InChI is InChI=1S/C46H30Si/c1-2-16-35(17-3-1)47-36-28-29-43-44(30-36)46(40-23-11-15-32-13-5-7-19-39(32)40)42-21-9-8-20-41(42)45(43)34-26-24-33(25-27-34)38-22-10-14-31-12-4-6-18-37(31)38/h1-30H. The number of hydrogen-bond acceptors (Lipinski definition) is 0. The molecule has 0 N–H and O–H groups in total. The minimum atomic E-state index is 0.589. The maximum atomic E-state index is 2.46. The molecule has 9 aromatic carbocycles. The predicted molar refractivity (Wildman–Crippen MR) is 204 cm³/mol. The van der Waals surface area contributed by atoms with Crippen molar-refractivity contribution in [3.05, 3.63) is 182 Å². The smallest absolute Gasteiger partial charge is 0.0631 e. The highest BCUT2D eigenvalue weighted by molar-refractivity contribution is 6.67. The van der Waals surface area contributed by atoms with E-state index in [1.54, 1.807) is 0 Å². The monoisotopic (exact) mass is 610 g/mol. The molecule has 0 aliphatic heterocycles. The van der Waals surface area contributed by atoms with Crippen LogP contribution in [0.4, 0.5) is 0 Å². The van der Waals surface area contributed by atoms with E-state index in [1.807, 2.05) is 0 Å². The van der Waals surface area contributed by atoms with Gasteiger partial charge in [-0.2, -0.15) is 0 Å². The van der Waals surface area contributed by atoms with Crippen molar-refractivity contribution < 1.29 is 0 Å². The molecule has 0 aliphatic carbocycles. The van der Waals surface area contributed by atoms with Crippen LogP contribution in [-0.2, 0) is 0 Å². The highest BCUT2D eigenvalue weighted by Crippen LogP contribution is 2.45. The van der Waals surface area contributed by atoms with Crippen LogP contribution in [0.25, 0.3) is 76.5 Å². The average molecular weight is 611 g/mol. The van der Waals surface area contributed by atoms with E-state index in [1.165, 1.54) is 86.8 Å². The van der Waals surface area contributed by atoms with E-state index in [2.05, 4.69) is 182 Å². The molecule has 0 saturated heterocycles. The fraction of sp³-hybridized carbons (Fsp3) is 0. The van der Waals surface area contributed by atoms with Crippen LogP contribution in [0.2, 0.25) is 0 Å². The van der Waals surface area contributed by atoms with Gasteiger partial charge in [0, 0.05) is 0 Å². The molecule has 1 heteroatoms. The maximum Gasteiger partial charge on any atom is 0.121 e. The van der Waals surface area contributed by atoms with E-state index in [4.69, 9.17) is 0 Å². The van der Waals surface area contributed by atoms with Crippen molar-refractivity contribution in [2.45, 2.75) is 0 Å². The van der Waals surface area contributed by atoms with Gasteiger partial charge in [0.25, 0.3) is 0 Å². The molecule has 0 nitrogen and oxygen atoms in total. The Bertz CT molecular complexity index is 2570. The first-order valence-electron chi connectivity index (χ1n) is 16.2. The Morgan fingerprint density at radius 3 is 1.49 bits per heavy atom. The van der Waals surface area contributed by atoms with Gasteiger partial charge in [-0.05, 0) is 76.5 Å². The molecular formula is C46H30Si. The molecule has 0 spiro atoms. The van der Waals surface area contributed by atoms with Gasteiger partial charge in [0.2, 0.25) is 0 Å². The van der Waals surface area contributed by atoms with Crippen molar-refractivity contribution in [2.75, 3.05) is 0 Å². The van der Waals surface area contributed by atoms with Crippen molar-refractivity contribution in [3.8, 4) is 33.4 Å².